The van der Waals surface area contributed by atoms with E-state index in [9.17, 15) is 9.59 Å². The summed E-state index contributed by atoms with van der Waals surface area (Å²) in [6.07, 6.45) is 1.53. The topological polar surface area (TPSA) is 83.0 Å². The predicted molar refractivity (Wildman–Crippen MR) is 130 cm³/mol. The number of nitrogens with one attached hydrogen (secondary N) is 2. The number of guanidine groups is 1. The lowest BCUT2D eigenvalue weighted by Gasteiger charge is -2.33. The van der Waals surface area contributed by atoms with Gasteiger partial charge in [0.1, 0.15) is 0 Å². The van der Waals surface area contributed by atoms with Crippen molar-refractivity contribution >= 4 is 41.8 Å². The molecule has 1 amide bonds. The Balaban J connectivity index is 0.00000450. The van der Waals surface area contributed by atoms with Gasteiger partial charge in [-0.15, -0.1) is 24.0 Å². The van der Waals surface area contributed by atoms with Crippen molar-refractivity contribution in [1.29, 1.82) is 0 Å². The van der Waals surface area contributed by atoms with Gasteiger partial charge in [-0.1, -0.05) is 12.1 Å². The van der Waals surface area contributed by atoms with Crippen molar-refractivity contribution in [1.82, 2.24) is 15.5 Å². The molecule has 0 aliphatic carbocycles. The monoisotopic (exact) mass is 530 g/mol. The smallest absolute Gasteiger partial charge is 0.309 e. The van der Waals surface area contributed by atoms with E-state index in [0.29, 0.717) is 18.7 Å². The molecule has 0 spiro atoms. The van der Waals surface area contributed by atoms with E-state index in [-0.39, 0.29) is 47.3 Å². The van der Waals surface area contributed by atoms with E-state index < -0.39 is 0 Å². The summed E-state index contributed by atoms with van der Waals surface area (Å²) in [6.45, 7) is 10.2. The number of aliphatic imine (C=N–C) groups is 1. The van der Waals surface area contributed by atoms with Gasteiger partial charge in [-0.25, -0.2) is 0 Å². The third-order valence-corrected chi connectivity index (χ3v) is 4.75. The fraction of sp³-hybridized carbons (Fsp3) is 0.591. The SMILES string of the molecule is CCOC(=O)C1CCN(C(=NC)NCc2cccc(C(=O)NC(C)(C)C)c2)CC1.I. The number of ether oxygens (including phenoxy) is 1. The van der Waals surface area contributed by atoms with Crippen LogP contribution in [0.3, 0.4) is 0 Å². The van der Waals surface area contributed by atoms with Crippen molar-refractivity contribution in [3.05, 3.63) is 35.4 Å². The molecule has 0 atom stereocenters. The van der Waals surface area contributed by atoms with Gasteiger partial charge in [0.2, 0.25) is 0 Å². The minimum atomic E-state index is -0.275. The van der Waals surface area contributed by atoms with Gasteiger partial charge >= 0.3 is 5.97 Å². The highest BCUT2D eigenvalue weighted by molar-refractivity contribution is 14.0. The number of halogens is 1. The van der Waals surface area contributed by atoms with Crippen molar-refractivity contribution in [2.45, 2.75) is 52.6 Å². The highest BCUT2D eigenvalue weighted by Gasteiger charge is 2.27. The van der Waals surface area contributed by atoms with E-state index >= 15 is 0 Å². The average Bonchev–Trinajstić information content (AvgIpc) is 2.68. The van der Waals surface area contributed by atoms with Crippen LogP contribution in [0.4, 0.5) is 0 Å². The number of benzene rings is 1. The zero-order valence-electron chi connectivity index (χ0n) is 18.7. The summed E-state index contributed by atoms with van der Waals surface area (Å²) in [7, 11) is 1.76. The standard InChI is InChI=1S/C22H34N4O3.HI/c1-6-29-20(28)17-10-12-26(13-11-17)21(23-5)24-15-16-8-7-9-18(14-16)19(27)25-22(2,3)4;/h7-9,14,17H,6,10-13,15H2,1-5H3,(H,23,24)(H,25,27);1H. The number of nitrogens with zero attached hydrogens (tertiary/aromatic N) is 2. The predicted octanol–water partition coefficient (Wildman–Crippen LogP) is 3.18. The fourth-order valence-electron chi connectivity index (χ4n) is 3.34. The molecule has 8 heteroatoms. The highest BCUT2D eigenvalue weighted by Crippen LogP contribution is 2.19. The lowest BCUT2D eigenvalue weighted by molar-refractivity contribution is -0.149. The molecule has 0 unspecified atom stereocenters. The van der Waals surface area contributed by atoms with Gasteiger partial charge < -0.3 is 20.3 Å². The first-order valence-electron chi connectivity index (χ1n) is 10.3. The number of amides is 1. The quantitative estimate of drug-likeness (QED) is 0.265. The Kier molecular flexibility index (Phi) is 10.6. The van der Waals surface area contributed by atoms with Crippen LogP contribution in [0, 0.1) is 5.92 Å². The summed E-state index contributed by atoms with van der Waals surface area (Å²) >= 11 is 0. The van der Waals surface area contributed by atoms with Gasteiger partial charge in [0.25, 0.3) is 5.91 Å². The maximum Gasteiger partial charge on any atom is 0.309 e. The Hall–Kier alpha value is -1.84. The number of carbonyl (C=O) groups is 2. The van der Waals surface area contributed by atoms with Crippen LogP contribution in [-0.2, 0) is 16.1 Å². The molecule has 1 heterocycles. The Bertz CT molecular complexity index is 738. The summed E-state index contributed by atoms with van der Waals surface area (Å²) < 4.78 is 5.13. The number of piperidine rings is 1. The number of rotatable bonds is 5. The minimum Gasteiger partial charge on any atom is -0.466 e. The van der Waals surface area contributed by atoms with Gasteiger partial charge in [-0.05, 0) is 58.2 Å². The van der Waals surface area contributed by atoms with Crippen molar-refractivity contribution in [3.8, 4) is 0 Å². The largest absolute Gasteiger partial charge is 0.466 e. The number of esters is 1. The average molecular weight is 530 g/mol. The van der Waals surface area contributed by atoms with Crippen LogP contribution >= 0.6 is 24.0 Å². The molecule has 1 aliphatic heterocycles. The summed E-state index contributed by atoms with van der Waals surface area (Å²) in [5.74, 6) is 0.601. The molecule has 1 saturated heterocycles. The highest BCUT2D eigenvalue weighted by atomic mass is 127. The third kappa shape index (κ3) is 8.12. The molecule has 30 heavy (non-hydrogen) atoms. The molecule has 168 valence electrons. The molecular formula is C22H35IN4O3. The summed E-state index contributed by atoms with van der Waals surface area (Å²) in [4.78, 5) is 30.8. The molecule has 0 aromatic heterocycles. The van der Waals surface area contributed by atoms with E-state index in [0.717, 1.165) is 37.5 Å². The molecule has 7 nitrogen and oxygen atoms in total. The van der Waals surface area contributed by atoms with E-state index in [1.54, 1.807) is 7.05 Å². The van der Waals surface area contributed by atoms with Gasteiger partial charge in [-0.2, -0.15) is 0 Å². The second-order valence-electron chi connectivity index (χ2n) is 8.32. The molecule has 1 aromatic rings. The van der Waals surface area contributed by atoms with E-state index in [2.05, 4.69) is 20.5 Å². The number of carbonyl (C=O) groups excluding carboxylic acids is 2. The summed E-state index contributed by atoms with van der Waals surface area (Å²) in [6, 6.07) is 7.59. The zero-order chi connectivity index (χ0) is 21.4. The van der Waals surface area contributed by atoms with E-state index in [1.807, 2.05) is 52.0 Å². The van der Waals surface area contributed by atoms with Gasteiger partial charge in [0.05, 0.1) is 12.5 Å². The van der Waals surface area contributed by atoms with Crippen LogP contribution in [0.2, 0.25) is 0 Å². The molecule has 1 aliphatic rings. The Morgan fingerprint density at radius 2 is 1.90 bits per heavy atom. The van der Waals surface area contributed by atoms with Crippen LogP contribution in [0.25, 0.3) is 0 Å². The van der Waals surface area contributed by atoms with Crippen molar-refractivity contribution in [3.63, 3.8) is 0 Å². The second kappa shape index (κ2) is 12.1. The number of hydrogen-bond acceptors (Lipinski definition) is 4. The van der Waals surface area contributed by atoms with Crippen LogP contribution in [-0.4, -0.2) is 55.0 Å². The Morgan fingerprint density at radius 3 is 2.47 bits per heavy atom. The van der Waals surface area contributed by atoms with Crippen molar-refractivity contribution in [2.75, 3.05) is 26.7 Å². The van der Waals surface area contributed by atoms with E-state index in [4.69, 9.17) is 4.74 Å². The summed E-state index contributed by atoms with van der Waals surface area (Å²) in [5, 5.41) is 6.35. The van der Waals surface area contributed by atoms with E-state index in [1.165, 1.54) is 0 Å². The number of likely N-dealkylation sites (tertiary alicyclic amines) is 1. The van der Waals surface area contributed by atoms with Gasteiger partial charge in [0.15, 0.2) is 5.96 Å². The van der Waals surface area contributed by atoms with Crippen LogP contribution in [0.5, 0.6) is 0 Å². The van der Waals surface area contributed by atoms with Gasteiger partial charge in [0, 0.05) is 37.8 Å². The first-order valence-corrected chi connectivity index (χ1v) is 10.3. The van der Waals surface area contributed by atoms with Crippen LogP contribution in [0.1, 0.15) is 56.5 Å². The maximum atomic E-state index is 12.4. The Morgan fingerprint density at radius 1 is 1.23 bits per heavy atom. The summed E-state index contributed by atoms with van der Waals surface area (Å²) in [5.41, 5.74) is 1.38. The van der Waals surface area contributed by atoms with Crippen molar-refractivity contribution in [2.24, 2.45) is 10.9 Å². The third-order valence-electron chi connectivity index (χ3n) is 4.75. The lowest BCUT2D eigenvalue weighted by atomic mass is 9.97. The molecule has 2 N–H and O–H groups in total. The molecule has 0 bridgehead atoms. The van der Waals surface area contributed by atoms with Crippen LogP contribution in [0.15, 0.2) is 29.3 Å². The molecular weight excluding hydrogens is 495 g/mol. The normalized spacial score (nSPS) is 15.2. The Labute approximate surface area is 197 Å². The minimum absolute atomic E-state index is 0. The molecule has 0 saturated carbocycles. The molecule has 1 fully saturated rings. The molecule has 0 radical (unpaired) electrons. The second-order valence-corrected chi connectivity index (χ2v) is 8.32. The zero-order valence-corrected chi connectivity index (χ0v) is 21.0. The molecule has 2 rings (SSSR count). The lowest BCUT2D eigenvalue weighted by Crippen LogP contribution is -2.46. The first kappa shape index (κ1) is 26.2. The first-order chi connectivity index (χ1) is 13.7. The van der Waals surface area contributed by atoms with Crippen LogP contribution < -0.4 is 10.6 Å². The van der Waals surface area contributed by atoms with Gasteiger partial charge in [-0.3, -0.25) is 14.6 Å². The number of hydrogen-bond donors (Lipinski definition) is 2. The fourth-order valence-corrected chi connectivity index (χ4v) is 3.34. The maximum absolute atomic E-state index is 12.4. The van der Waals surface area contributed by atoms with Crippen molar-refractivity contribution < 1.29 is 14.3 Å². The molecule has 1 aromatic carbocycles.